The number of H-pyrrole nitrogens is 1. The van der Waals surface area contributed by atoms with Gasteiger partial charge in [-0.1, -0.05) is 62.6 Å². The lowest BCUT2D eigenvalue weighted by Gasteiger charge is -2.04. The number of aryl methyl sites for hydroxylation is 1. The second kappa shape index (κ2) is 12.3. The Bertz CT molecular complexity index is 754. The molecule has 2 aromatic rings. The highest BCUT2D eigenvalue weighted by Crippen LogP contribution is 2.10. The third kappa shape index (κ3) is 7.43. The highest BCUT2D eigenvalue weighted by molar-refractivity contribution is 5.78. The largest absolute Gasteiger partial charge is 0.358 e. The van der Waals surface area contributed by atoms with Crippen molar-refractivity contribution in [3.63, 3.8) is 0 Å². The number of nitrogens with one attached hydrogen (secondary N) is 1. The number of unbranched alkanes of at least 4 members (excludes halogenated alkanes) is 6. The van der Waals surface area contributed by atoms with Crippen LogP contribution in [0, 0.1) is 0 Å². The lowest BCUT2D eigenvalue weighted by molar-refractivity contribution is 0.680. The van der Waals surface area contributed by atoms with Crippen molar-refractivity contribution >= 4 is 10.9 Å². The molecule has 0 spiro atoms. The summed E-state index contributed by atoms with van der Waals surface area (Å²) in [6.45, 7) is 2.24. The Labute approximate surface area is 158 Å². The summed E-state index contributed by atoms with van der Waals surface area (Å²) in [7, 11) is 0. The second-order valence-corrected chi connectivity index (χ2v) is 6.98. The monoisotopic (exact) mass is 351 g/mol. The fourth-order valence-electron chi connectivity index (χ4n) is 3.16. The molecule has 0 saturated carbocycles. The molecule has 1 heterocycles. The van der Waals surface area contributed by atoms with Crippen molar-refractivity contribution in [1.82, 2.24) is 4.98 Å². The van der Waals surface area contributed by atoms with Crippen molar-refractivity contribution in [3.8, 4) is 0 Å². The Hall–Kier alpha value is -2.09. The van der Waals surface area contributed by atoms with Gasteiger partial charge in [-0.25, -0.2) is 0 Å². The molecule has 0 aliphatic carbocycles. The maximum Gasteiger partial charge on any atom is 0.189 e. The van der Waals surface area contributed by atoms with Gasteiger partial charge < -0.3 is 4.98 Å². The van der Waals surface area contributed by atoms with E-state index in [0.29, 0.717) is 0 Å². The summed E-state index contributed by atoms with van der Waals surface area (Å²) in [6, 6.07) is 9.49. The lowest BCUT2D eigenvalue weighted by atomic mass is 10.1. The number of hydrogen-bond acceptors (Lipinski definition) is 1. The number of aromatic amines is 1. The van der Waals surface area contributed by atoms with E-state index < -0.39 is 0 Å². The zero-order valence-electron chi connectivity index (χ0n) is 16.2. The number of aromatic nitrogens is 1. The number of rotatable bonds is 12. The summed E-state index contributed by atoms with van der Waals surface area (Å²) in [5.41, 5.74) is 2.12. The van der Waals surface area contributed by atoms with E-state index in [9.17, 15) is 4.79 Å². The van der Waals surface area contributed by atoms with E-state index in [0.717, 1.165) is 42.3 Å². The average Bonchev–Trinajstić information content (AvgIpc) is 2.65. The fraction of sp³-hybridized carbons (Fsp3) is 0.458. The molecule has 1 N–H and O–H groups in total. The molecule has 0 aliphatic rings. The number of hydrogen-bond donors (Lipinski definition) is 1. The Morgan fingerprint density at radius 1 is 0.885 bits per heavy atom. The van der Waals surface area contributed by atoms with Gasteiger partial charge in [0.2, 0.25) is 0 Å². The summed E-state index contributed by atoms with van der Waals surface area (Å²) in [6.07, 6.45) is 21.0. The molecule has 0 aliphatic heterocycles. The summed E-state index contributed by atoms with van der Waals surface area (Å²) < 4.78 is 0. The third-order valence-corrected chi connectivity index (χ3v) is 4.69. The van der Waals surface area contributed by atoms with Gasteiger partial charge in [0, 0.05) is 22.7 Å². The number of para-hydroxylation sites is 1. The quantitative estimate of drug-likeness (QED) is 0.334. The predicted octanol–water partition coefficient (Wildman–Crippen LogP) is 6.71. The van der Waals surface area contributed by atoms with Crippen LogP contribution in [-0.2, 0) is 6.42 Å². The van der Waals surface area contributed by atoms with Gasteiger partial charge in [0.15, 0.2) is 5.43 Å². The molecule has 2 rings (SSSR count). The van der Waals surface area contributed by atoms with E-state index >= 15 is 0 Å². The Morgan fingerprint density at radius 3 is 2.38 bits per heavy atom. The number of fused-ring (bicyclic) bond motifs is 1. The molecular weight excluding hydrogens is 318 g/mol. The van der Waals surface area contributed by atoms with E-state index in [4.69, 9.17) is 0 Å². The zero-order chi connectivity index (χ0) is 18.5. The average molecular weight is 352 g/mol. The number of allylic oxidation sites excluding steroid dienone is 4. The normalized spacial score (nSPS) is 11.9. The van der Waals surface area contributed by atoms with Crippen molar-refractivity contribution in [1.29, 1.82) is 0 Å². The van der Waals surface area contributed by atoms with E-state index in [-0.39, 0.29) is 5.43 Å². The molecule has 1 aromatic heterocycles. The molecule has 2 nitrogen and oxygen atoms in total. The Kier molecular flexibility index (Phi) is 9.56. The van der Waals surface area contributed by atoms with Crippen LogP contribution in [0.2, 0.25) is 0 Å². The van der Waals surface area contributed by atoms with Crippen LogP contribution in [0.25, 0.3) is 10.9 Å². The van der Waals surface area contributed by atoms with Crippen LogP contribution < -0.4 is 5.43 Å². The van der Waals surface area contributed by atoms with Crippen molar-refractivity contribution < 1.29 is 0 Å². The smallest absolute Gasteiger partial charge is 0.189 e. The van der Waals surface area contributed by atoms with Gasteiger partial charge in [-0.05, 0) is 57.1 Å². The SMILES string of the molecule is CCCCCC=CCC=CCCCCCc1cc(=O)c2ccccc2[nH]1. The van der Waals surface area contributed by atoms with Crippen molar-refractivity contribution in [2.75, 3.05) is 0 Å². The molecule has 0 amide bonds. The Balaban J connectivity index is 1.58. The standard InChI is InChI=1S/C24H33NO/c1-2-3-4-5-6-7-8-9-10-11-12-13-14-17-21-20-24(26)22-18-15-16-19-23(22)25-21/h6-7,9-10,15-16,18-20H,2-5,8,11-14,17H2,1H3,(H,25,26). The second-order valence-electron chi connectivity index (χ2n) is 6.98. The van der Waals surface area contributed by atoms with Crippen LogP contribution in [0.1, 0.15) is 70.4 Å². The van der Waals surface area contributed by atoms with Gasteiger partial charge in [0.05, 0.1) is 0 Å². The van der Waals surface area contributed by atoms with E-state index in [1.54, 1.807) is 6.07 Å². The highest BCUT2D eigenvalue weighted by Gasteiger charge is 2.01. The van der Waals surface area contributed by atoms with Crippen LogP contribution >= 0.6 is 0 Å². The summed E-state index contributed by atoms with van der Waals surface area (Å²) >= 11 is 0. The maximum absolute atomic E-state index is 12.1. The molecule has 0 saturated heterocycles. The van der Waals surface area contributed by atoms with E-state index in [1.807, 2.05) is 24.3 Å². The maximum atomic E-state index is 12.1. The Morgan fingerprint density at radius 2 is 1.62 bits per heavy atom. The zero-order valence-corrected chi connectivity index (χ0v) is 16.2. The molecule has 1 aromatic carbocycles. The first-order chi connectivity index (χ1) is 12.8. The van der Waals surface area contributed by atoms with Gasteiger partial charge >= 0.3 is 0 Å². The van der Waals surface area contributed by atoms with Gasteiger partial charge in [0.25, 0.3) is 0 Å². The first kappa shape index (κ1) is 20.2. The summed E-state index contributed by atoms with van der Waals surface area (Å²) in [4.78, 5) is 15.5. The van der Waals surface area contributed by atoms with Gasteiger partial charge in [-0.2, -0.15) is 0 Å². The fourth-order valence-corrected chi connectivity index (χ4v) is 3.16. The van der Waals surface area contributed by atoms with E-state index in [2.05, 4.69) is 36.2 Å². The first-order valence-electron chi connectivity index (χ1n) is 10.2. The molecule has 2 heteroatoms. The summed E-state index contributed by atoms with van der Waals surface area (Å²) in [5.74, 6) is 0. The van der Waals surface area contributed by atoms with Crippen LogP contribution in [0.15, 0.2) is 59.4 Å². The predicted molar refractivity (Wildman–Crippen MR) is 114 cm³/mol. The molecule has 26 heavy (non-hydrogen) atoms. The number of pyridine rings is 1. The summed E-state index contributed by atoms with van der Waals surface area (Å²) in [5, 5.41) is 0.779. The molecule has 0 unspecified atom stereocenters. The van der Waals surface area contributed by atoms with Crippen molar-refractivity contribution in [2.24, 2.45) is 0 Å². The first-order valence-corrected chi connectivity index (χ1v) is 10.2. The lowest BCUT2D eigenvalue weighted by Crippen LogP contribution is -2.05. The molecule has 0 bridgehead atoms. The molecule has 0 atom stereocenters. The van der Waals surface area contributed by atoms with Gasteiger partial charge in [-0.15, -0.1) is 0 Å². The molecular formula is C24H33NO. The minimum atomic E-state index is 0.125. The topological polar surface area (TPSA) is 32.9 Å². The molecule has 140 valence electrons. The van der Waals surface area contributed by atoms with Crippen molar-refractivity contribution in [2.45, 2.75) is 71.1 Å². The van der Waals surface area contributed by atoms with Crippen LogP contribution in [0.4, 0.5) is 0 Å². The highest BCUT2D eigenvalue weighted by atomic mass is 16.1. The van der Waals surface area contributed by atoms with Crippen LogP contribution in [-0.4, -0.2) is 4.98 Å². The molecule has 0 radical (unpaired) electrons. The molecule has 0 fully saturated rings. The van der Waals surface area contributed by atoms with Gasteiger partial charge in [0.1, 0.15) is 0 Å². The third-order valence-electron chi connectivity index (χ3n) is 4.69. The van der Waals surface area contributed by atoms with Crippen molar-refractivity contribution in [3.05, 3.63) is 70.6 Å². The van der Waals surface area contributed by atoms with Gasteiger partial charge in [-0.3, -0.25) is 4.79 Å². The van der Waals surface area contributed by atoms with Crippen LogP contribution in [0.3, 0.4) is 0 Å². The van der Waals surface area contributed by atoms with Crippen LogP contribution in [0.5, 0.6) is 0 Å². The minimum Gasteiger partial charge on any atom is -0.358 e. The van der Waals surface area contributed by atoms with E-state index in [1.165, 1.54) is 38.5 Å². The number of benzene rings is 1. The minimum absolute atomic E-state index is 0.125.